The second-order valence-electron chi connectivity index (χ2n) is 5.68. The van der Waals surface area contributed by atoms with E-state index in [-0.39, 0.29) is 30.5 Å². The van der Waals surface area contributed by atoms with Gasteiger partial charge in [-0.2, -0.15) is 0 Å². The maximum Gasteiger partial charge on any atom is 0.161 e. The van der Waals surface area contributed by atoms with Gasteiger partial charge in [-0.3, -0.25) is 0 Å². The second-order valence-corrected chi connectivity index (χ2v) is 5.68. The van der Waals surface area contributed by atoms with Crippen molar-refractivity contribution in [3.05, 3.63) is 0 Å². The summed E-state index contributed by atoms with van der Waals surface area (Å²) in [5, 5.41) is 19.6. The third kappa shape index (κ3) is 3.92. The fraction of sp³-hybridized carbons (Fsp3) is 1.00. The van der Waals surface area contributed by atoms with Crippen molar-refractivity contribution in [2.24, 2.45) is 0 Å². The number of aliphatic hydroxyl groups is 2. The summed E-state index contributed by atoms with van der Waals surface area (Å²) < 4.78 is 27.7. The molecule has 0 radical (unpaired) electrons. The minimum Gasteiger partial charge on any atom is -0.388 e. The highest BCUT2D eigenvalue weighted by molar-refractivity contribution is 4.86. The predicted octanol–water partition coefficient (Wildman–Crippen LogP) is 0.0246. The molecular weight excluding hydrogens is 280 g/mol. The molecule has 2 fully saturated rings. The van der Waals surface area contributed by atoms with Gasteiger partial charge in [0.15, 0.2) is 12.6 Å². The van der Waals surface area contributed by atoms with Crippen molar-refractivity contribution in [3.8, 4) is 0 Å². The lowest BCUT2D eigenvalue weighted by molar-refractivity contribution is -0.310. The lowest BCUT2D eigenvalue weighted by Gasteiger charge is -2.42. The van der Waals surface area contributed by atoms with Gasteiger partial charge in [-0.05, 0) is 13.8 Å². The molecule has 7 heteroatoms. The zero-order chi connectivity index (χ0) is 15.6. The Hall–Kier alpha value is -0.280. The van der Waals surface area contributed by atoms with Crippen LogP contribution in [-0.4, -0.2) is 73.6 Å². The number of hydrogen-bond donors (Lipinski definition) is 2. The van der Waals surface area contributed by atoms with E-state index in [1.807, 2.05) is 6.92 Å². The van der Waals surface area contributed by atoms with E-state index in [0.29, 0.717) is 12.8 Å². The number of rotatable bonds is 4. The molecule has 2 saturated heterocycles. The van der Waals surface area contributed by atoms with Gasteiger partial charge in [-0.25, -0.2) is 0 Å². The molecule has 0 saturated carbocycles. The van der Waals surface area contributed by atoms with Crippen molar-refractivity contribution in [3.63, 3.8) is 0 Å². The number of hydrogen-bond acceptors (Lipinski definition) is 7. The molecule has 0 bridgehead atoms. The van der Waals surface area contributed by atoms with Gasteiger partial charge in [-0.1, -0.05) is 0 Å². The summed E-state index contributed by atoms with van der Waals surface area (Å²) in [6.45, 7) is 3.61. The molecule has 2 N–H and O–H groups in total. The normalized spacial score (nSPS) is 48.3. The van der Waals surface area contributed by atoms with E-state index in [2.05, 4.69) is 0 Å². The summed E-state index contributed by atoms with van der Waals surface area (Å²) in [6, 6.07) is 0. The van der Waals surface area contributed by atoms with Crippen molar-refractivity contribution < 1.29 is 33.9 Å². The Morgan fingerprint density at radius 3 is 2.19 bits per heavy atom. The maximum atomic E-state index is 9.96. The molecule has 124 valence electrons. The van der Waals surface area contributed by atoms with Crippen LogP contribution in [0.15, 0.2) is 0 Å². The summed E-state index contributed by atoms with van der Waals surface area (Å²) in [4.78, 5) is 0. The van der Waals surface area contributed by atoms with Crippen LogP contribution in [-0.2, 0) is 23.7 Å². The van der Waals surface area contributed by atoms with Crippen LogP contribution in [0.2, 0.25) is 0 Å². The Morgan fingerprint density at radius 2 is 1.57 bits per heavy atom. The molecule has 0 aromatic carbocycles. The van der Waals surface area contributed by atoms with Crippen LogP contribution in [0, 0.1) is 0 Å². The molecule has 0 spiro atoms. The van der Waals surface area contributed by atoms with Gasteiger partial charge in [-0.15, -0.1) is 0 Å². The van der Waals surface area contributed by atoms with Gasteiger partial charge in [0.05, 0.1) is 24.4 Å². The van der Waals surface area contributed by atoms with Gasteiger partial charge in [0.2, 0.25) is 0 Å². The molecule has 0 aliphatic carbocycles. The van der Waals surface area contributed by atoms with Gasteiger partial charge in [0.25, 0.3) is 0 Å². The average Bonchev–Trinajstić information content (AvgIpc) is 2.45. The largest absolute Gasteiger partial charge is 0.388 e. The molecule has 0 unspecified atom stereocenters. The third-order valence-corrected chi connectivity index (χ3v) is 4.20. The van der Waals surface area contributed by atoms with Crippen molar-refractivity contribution in [1.29, 1.82) is 0 Å². The Kier molecular flexibility index (Phi) is 5.96. The highest BCUT2D eigenvalue weighted by atomic mass is 16.7. The van der Waals surface area contributed by atoms with Crippen LogP contribution in [0.5, 0.6) is 0 Å². The van der Waals surface area contributed by atoms with E-state index in [0.717, 1.165) is 0 Å². The molecule has 2 heterocycles. The summed E-state index contributed by atoms with van der Waals surface area (Å²) >= 11 is 0. The SMILES string of the molecule is CO[C@H]1C[C@H](O)O[C@H](C)[C@@H]1O[C@H]1C[C@@H](OC)[C@@H](O)[C@@H](C)O1. The fourth-order valence-electron chi connectivity index (χ4n) is 2.95. The maximum absolute atomic E-state index is 9.96. The summed E-state index contributed by atoms with van der Waals surface area (Å²) in [7, 11) is 3.14. The summed E-state index contributed by atoms with van der Waals surface area (Å²) in [6.07, 6.45) is -2.86. The predicted molar refractivity (Wildman–Crippen MR) is 72.6 cm³/mol. The molecule has 7 nitrogen and oxygen atoms in total. The first-order valence-corrected chi connectivity index (χ1v) is 7.34. The fourth-order valence-corrected chi connectivity index (χ4v) is 2.95. The molecule has 0 amide bonds. The van der Waals surface area contributed by atoms with Gasteiger partial charge in [0.1, 0.15) is 12.2 Å². The minimum absolute atomic E-state index is 0.268. The van der Waals surface area contributed by atoms with Crippen LogP contribution in [0.25, 0.3) is 0 Å². The van der Waals surface area contributed by atoms with Crippen LogP contribution < -0.4 is 0 Å². The van der Waals surface area contributed by atoms with E-state index in [9.17, 15) is 10.2 Å². The van der Waals surface area contributed by atoms with Gasteiger partial charge >= 0.3 is 0 Å². The molecule has 2 aliphatic rings. The minimum atomic E-state index is -0.843. The summed E-state index contributed by atoms with van der Waals surface area (Å²) in [5.41, 5.74) is 0. The summed E-state index contributed by atoms with van der Waals surface area (Å²) in [5.74, 6) is 0. The Morgan fingerprint density at radius 1 is 0.905 bits per heavy atom. The molecule has 2 rings (SSSR count). The van der Waals surface area contributed by atoms with E-state index >= 15 is 0 Å². The van der Waals surface area contributed by atoms with E-state index in [1.165, 1.54) is 0 Å². The first-order valence-electron chi connectivity index (χ1n) is 7.34. The molecule has 2 aliphatic heterocycles. The van der Waals surface area contributed by atoms with E-state index < -0.39 is 18.7 Å². The van der Waals surface area contributed by atoms with Crippen LogP contribution >= 0.6 is 0 Å². The van der Waals surface area contributed by atoms with E-state index in [4.69, 9.17) is 23.7 Å². The van der Waals surface area contributed by atoms with Gasteiger partial charge in [0, 0.05) is 27.1 Å². The van der Waals surface area contributed by atoms with Crippen LogP contribution in [0.3, 0.4) is 0 Å². The Bertz CT molecular complexity index is 326. The average molecular weight is 306 g/mol. The van der Waals surface area contributed by atoms with Crippen molar-refractivity contribution in [2.45, 2.75) is 75.9 Å². The third-order valence-electron chi connectivity index (χ3n) is 4.20. The number of ether oxygens (including phenoxy) is 5. The Balaban J connectivity index is 1.99. The number of methoxy groups -OCH3 is 2. The first kappa shape index (κ1) is 17.1. The Labute approximate surface area is 125 Å². The molecule has 21 heavy (non-hydrogen) atoms. The smallest absolute Gasteiger partial charge is 0.161 e. The highest BCUT2D eigenvalue weighted by Gasteiger charge is 2.42. The van der Waals surface area contributed by atoms with Crippen LogP contribution in [0.1, 0.15) is 26.7 Å². The lowest BCUT2D eigenvalue weighted by Crippen LogP contribution is -2.54. The highest BCUT2D eigenvalue weighted by Crippen LogP contribution is 2.29. The van der Waals surface area contributed by atoms with Crippen molar-refractivity contribution in [2.75, 3.05) is 14.2 Å². The zero-order valence-corrected chi connectivity index (χ0v) is 13.0. The second kappa shape index (κ2) is 7.32. The molecule has 8 atom stereocenters. The zero-order valence-electron chi connectivity index (χ0n) is 13.0. The molecule has 0 aromatic heterocycles. The monoisotopic (exact) mass is 306 g/mol. The standard InChI is InChI=1S/C14H26O7/c1-7-13(16)9(17-3)6-12(20-7)21-14-8(2)19-11(15)5-10(14)18-4/h7-16H,5-6H2,1-4H3/t7-,8-,9-,10+,11-,12+,13+,14+/m1/s1. The van der Waals surface area contributed by atoms with E-state index in [1.54, 1.807) is 21.1 Å². The molecular formula is C14H26O7. The van der Waals surface area contributed by atoms with Crippen LogP contribution in [0.4, 0.5) is 0 Å². The van der Waals surface area contributed by atoms with Crippen molar-refractivity contribution >= 4 is 0 Å². The molecule has 0 aromatic rings. The first-order chi connectivity index (χ1) is 9.96. The topological polar surface area (TPSA) is 86.6 Å². The quantitative estimate of drug-likeness (QED) is 0.757. The number of aliphatic hydroxyl groups excluding tert-OH is 2. The lowest BCUT2D eigenvalue weighted by atomic mass is 10.0. The van der Waals surface area contributed by atoms with Gasteiger partial charge < -0.3 is 33.9 Å². The van der Waals surface area contributed by atoms with Crippen molar-refractivity contribution in [1.82, 2.24) is 0 Å².